The van der Waals surface area contributed by atoms with Gasteiger partial charge in [-0.3, -0.25) is 4.79 Å². The minimum Gasteiger partial charge on any atom is -0.479 e. The number of carbonyl (C=O) groups excluding carboxylic acids is 1. The van der Waals surface area contributed by atoms with Crippen LogP contribution in [0.1, 0.15) is 17.2 Å². The Hall–Kier alpha value is -1.70. The van der Waals surface area contributed by atoms with Crippen LogP contribution in [0, 0.1) is 0 Å². The summed E-state index contributed by atoms with van der Waals surface area (Å²) in [6.45, 7) is 0.102. The Labute approximate surface area is 122 Å². The molecule has 2 rings (SSSR count). The maximum Gasteiger partial charge on any atom is 0.442 e. The van der Waals surface area contributed by atoms with E-state index in [-0.39, 0.29) is 6.54 Å². The first-order valence-electron chi connectivity index (χ1n) is 6.10. The van der Waals surface area contributed by atoms with Gasteiger partial charge in [0.25, 0.3) is 0 Å². The van der Waals surface area contributed by atoms with Crippen LogP contribution in [-0.2, 0) is 16.0 Å². The summed E-state index contributed by atoms with van der Waals surface area (Å²) in [4.78, 5) is 24.3. The van der Waals surface area contributed by atoms with Crippen molar-refractivity contribution in [2.24, 2.45) is 0 Å². The summed E-state index contributed by atoms with van der Waals surface area (Å²) in [6, 6.07) is 5.53. The van der Waals surface area contributed by atoms with Gasteiger partial charge in [0, 0.05) is 6.54 Å². The lowest BCUT2D eigenvalue weighted by Crippen LogP contribution is -2.44. The summed E-state index contributed by atoms with van der Waals surface area (Å²) in [7, 11) is 0. The van der Waals surface area contributed by atoms with Crippen molar-refractivity contribution in [1.29, 1.82) is 0 Å². The van der Waals surface area contributed by atoms with Crippen LogP contribution in [-0.4, -0.2) is 39.7 Å². The Morgan fingerprint density at radius 3 is 2.62 bits per heavy atom. The average Bonchev–Trinajstić information content (AvgIpc) is 2.42. The molecule has 1 aromatic carbocycles. The van der Waals surface area contributed by atoms with E-state index in [2.05, 4.69) is 0 Å². The minimum atomic E-state index is -4.51. The number of nitrogens with zero attached hydrogens (tertiary/aromatic N) is 1. The van der Waals surface area contributed by atoms with E-state index in [1.54, 1.807) is 24.3 Å². The number of carbonyl (C=O) groups is 2. The number of alkyl halides is 3. The molecule has 21 heavy (non-hydrogen) atoms. The largest absolute Gasteiger partial charge is 0.479 e. The number of rotatable bonds is 3. The molecule has 0 bridgehead atoms. The molecule has 0 aromatic heterocycles. The second-order valence-electron chi connectivity index (χ2n) is 4.51. The highest BCUT2D eigenvalue weighted by molar-refractivity contribution is 8.00. The fraction of sp³-hybridized carbons (Fsp3) is 0.385. The lowest BCUT2D eigenvalue weighted by atomic mass is 9.92. The highest BCUT2D eigenvalue weighted by Gasteiger charge is 2.37. The first-order valence-corrected chi connectivity index (χ1v) is 7.09. The van der Waals surface area contributed by atoms with Gasteiger partial charge in [0.2, 0.25) is 5.91 Å². The number of benzene rings is 1. The van der Waals surface area contributed by atoms with Crippen LogP contribution in [0.15, 0.2) is 24.3 Å². The van der Waals surface area contributed by atoms with E-state index in [0.29, 0.717) is 12.0 Å². The molecule has 0 aliphatic carbocycles. The molecule has 0 saturated heterocycles. The van der Waals surface area contributed by atoms with Crippen molar-refractivity contribution in [3.05, 3.63) is 35.4 Å². The summed E-state index contributed by atoms with van der Waals surface area (Å²) in [5.74, 6) is -2.87. The van der Waals surface area contributed by atoms with Crippen LogP contribution >= 0.6 is 11.8 Å². The molecule has 0 fully saturated rings. The summed E-state index contributed by atoms with van der Waals surface area (Å²) >= 11 is -0.454. The van der Waals surface area contributed by atoms with Gasteiger partial charge in [0.15, 0.2) is 6.04 Å². The van der Waals surface area contributed by atoms with E-state index in [4.69, 9.17) is 0 Å². The van der Waals surface area contributed by atoms with Gasteiger partial charge < -0.3 is 10.0 Å². The smallest absolute Gasteiger partial charge is 0.442 e. The third kappa shape index (κ3) is 3.69. The number of hydrogen-bond donors (Lipinski definition) is 1. The summed E-state index contributed by atoms with van der Waals surface area (Å²) in [6.07, 6.45) is 0.433. The van der Waals surface area contributed by atoms with Crippen LogP contribution in [0.2, 0.25) is 0 Å². The number of fused-ring (bicyclic) bond motifs is 1. The molecule has 0 radical (unpaired) electrons. The van der Waals surface area contributed by atoms with Crippen LogP contribution < -0.4 is 0 Å². The van der Waals surface area contributed by atoms with Crippen molar-refractivity contribution in [2.45, 2.75) is 18.0 Å². The highest BCUT2D eigenvalue weighted by Crippen LogP contribution is 2.33. The molecule has 114 valence electrons. The fourth-order valence-electron chi connectivity index (χ4n) is 2.33. The van der Waals surface area contributed by atoms with E-state index < -0.39 is 40.9 Å². The molecule has 4 nitrogen and oxygen atoms in total. The van der Waals surface area contributed by atoms with E-state index in [9.17, 15) is 27.9 Å². The summed E-state index contributed by atoms with van der Waals surface area (Å²) in [5.41, 5.74) is -3.25. The predicted molar refractivity (Wildman–Crippen MR) is 70.7 cm³/mol. The third-order valence-corrected chi connectivity index (χ3v) is 3.92. The maximum atomic E-state index is 12.2. The zero-order chi connectivity index (χ0) is 15.6. The van der Waals surface area contributed by atoms with Crippen LogP contribution in [0.5, 0.6) is 0 Å². The molecule has 1 aliphatic rings. The molecule has 1 N–H and O–H groups in total. The normalized spacial score (nSPS) is 18.2. The maximum absolute atomic E-state index is 12.2. The number of amides is 1. The van der Waals surface area contributed by atoms with Crippen LogP contribution in [0.3, 0.4) is 0 Å². The second kappa shape index (κ2) is 5.97. The van der Waals surface area contributed by atoms with Gasteiger partial charge in [-0.1, -0.05) is 24.3 Å². The number of thioether (sulfide) groups is 1. The summed E-state index contributed by atoms with van der Waals surface area (Å²) in [5, 5.41) is 9.31. The van der Waals surface area contributed by atoms with Gasteiger partial charge in [0.05, 0.1) is 5.75 Å². The molecule has 1 atom stereocenters. The van der Waals surface area contributed by atoms with Crippen molar-refractivity contribution >= 4 is 23.6 Å². The molecule has 1 heterocycles. The molecule has 1 unspecified atom stereocenters. The number of carboxylic acid groups (broad SMARTS) is 1. The summed E-state index contributed by atoms with van der Waals surface area (Å²) < 4.78 is 36.5. The van der Waals surface area contributed by atoms with Gasteiger partial charge in [-0.05, 0) is 29.3 Å². The molecule has 8 heteroatoms. The Kier molecular flexibility index (Phi) is 4.46. The molecule has 1 amide bonds. The Morgan fingerprint density at radius 2 is 2.00 bits per heavy atom. The standard InChI is InChI=1S/C13H12F3NO3S/c14-13(15,16)21-7-10(18)17-6-5-8-3-1-2-4-9(8)11(17)12(19)20/h1-4,11H,5-7H2,(H,19,20). The number of halogens is 3. The second-order valence-corrected chi connectivity index (χ2v) is 5.55. The topological polar surface area (TPSA) is 57.6 Å². The van der Waals surface area contributed by atoms with E-state index in [1.165, 1.54) is 0 Å². The minimum absolute atomic E-state index is 0.102. The molecule has 1 aromatic rings. The zero-order valence-electron chi connectivity index (χ0n) is 10.8. The molecular weight excluding hydrogens is 307 g/mol. The Bertz CT molecular complexity index is 562. The lowest BCUT2D eigenvalue weighted by molar-refractivity contribution is -0.150. The van der Waals surface area contributed by atoms with Gasteiger partial charge >= 0.3 is 11.5 Å². The number of hydrogen-bond acceptors (Lipinski definition) is 3. The quantitative estimate of drug-likeness (QED) is 0.930. The van der Waals surface area contributed by atoms with Crippen LogP contribution in [0.4, 0.5) is 13.2 Å². The Balaban J connectivity index is 2.20. The first kappa shape index (κ1) is 15.7. The monoisotopic (exact) mass is 319 g/mol. The Morgan fingerprint density at radius 1 is 1.33 bits per heavy atom. The van der Waals surface area contributed by atoms with Crippen molar-refractivity contribution in [1.82, 2.24) is 4.90 Å². The van der Waals surface area contributed by atoms with Crippen LogP contribution in [0.25, 0.3) is 0 Å². The number of carboxylic acids is 1. The van der Waals surface area contributed by atoms with Gasteiger partial charge in [-0.25, -0.2) is 4.79 Å². The lowest BCUT2D eigenvalue weighted by Gasteiger charge is -2.34. The van der Waals surface area contributed by atoms with Crippen molar-refractivity contribution in [3.8, 4) is 0 Å². The molecular formula is C13H12F3NO3S. The van der Waals surface area contributed by atoms with Crippen molar-refractivity contribution in [2.75, 3.05) is 12.3 Å². The highest BCUT2D eigenvalue weighted by atomic mass is 32.2. The first-order chi connectivity index (χ1) is 9.79. The molecule has 1 aliphatic heterocycles. The average molecular weight is 319 g/mol. The molecule has 0 saturated carbocycles. The predicted octanol–water partition coefficient (Wildman–Crippen LogP) is 2.45. The van der Waals surface area contributed by atoms with Crippen molar-refractivity contribution < 1.29 is 27.9 Å². The van der Waals surface area contributed by atoms with Gasteiger partial charge in [-0.2, -0.15) is 13.2 Å². The fourth-order valence-corrected chi connectivity index (χ4v) is 2.78. The third-order valence-electron chi connectivity index (χ3n) is 3.20. The van der Waals surface area contributed by atoms with E-state index in [1.807, 2.05) is 0 Å². The van der Waals surface area contributed by atoms with Crippen molar-refractivity contribution in [3.63, 3.8) is 0 Å². The molecule has 0 spiro atoms. The number of aliphatic carboxylic acids is 1. The van der Waals surface area contributed by atoms with Gasteiger partial charge in [0.1, 0.15) is 0 Å². The SMILES string of the molecule is O=C(O)C1c2ccccc2CCN1C(=O)CSC(F)(F)F. The van der Waals surface area contributed by atoms with Gasteiger partial charge in [-0.15, -0.1) is 0 Å². The van der Waals surface area contributed by atoms with E-state index in [0.717, 1.165) is 10.5 Å². The van der Waals surface area contributed by atoms with E-state index >= 15 is 0 Å². The zero-order valence-corrected chi connectivity index (χ0v) is 11.6.